The van der Waals surface area contributed by atoms with Crippen LogP contribution in [-0.2, 0) is 16.2 Å². The molecule has 1 aliphatic heterocycles. The highest BCUT2D eigenvalue weighted by Crippen LogP contribution is 2.30. The predicted molar refractivity (Wildman–Crippen MR) is 125 cm³/mol. The number of anilines is 1. The van der Waals surface area contributed by atoms with E-state index in [0.717, 1.165) is 66.0 Å². The molecule has 160 valence electrons. The van der Waals surface area contributed by atoms with Crippen LogP contribution in [0, 0.1) is 6.92 Å². The molecular weight excluding hydrogens is 392 g/mol. The second-order valence-corrected chi connectivity index (χ2v) is 14.9. The number of nitrogens with one attached hydrogen (secondary N) is 1. The van der Waals surface area contributed by atoms with Gasteiger partial charge in [-0.1, -0.05) is 19.6 Å². The Labute approximate surface area is 179 Å². The van der Waals surface area contributed by atoms with Crippen molar-refractivity contribution >= 4 is 24.8 Å². The zero-order valence-corrected chi connectivity index (χ0v) is 19.4. The van der Waals surface area contributed by atoms with Crippen molar-refractivity contribution in [1.29, 1.82) is 0 Å². The average Bonchev–Trinajstić information content (AvgIpc) is 3.32. The maximum Gasteiger partial charge on any atom is 0.128 e. The van der Waals surface area contributed by atoms with Crippen molar-refractivity contribution in [2.24, 2.45) is 0 Å². The van der Waals surface area contributed by atoms with Gasteiger partial charge < -0.3 is 19.4 Å². The molecule has 1 atom stereocenters. The molecule has 0 saturated carbocycles. The smallest absolute Gasteiger partial charge is 0.128 e. The number of rotatable bonds is 8. The molecule has 0 aliphatic carbocycles. The standard InChI is InChI=1S/C23H32N4O2Si/c1-17-11-18(5-7-24-17)21-12-19-14-25-23(26-20-6-8-28-15-20)13-22(19)27(21)16-29-9-10-30(2,3)4/h5,7,11-14,20H,6,8-10,15-16H2,1-4H3,(H,25,26)/t20-/m1/s1. The molecule has 30 heavy (non-hydrogen) atoms. The van der Waals surface area contributed by atoms with E-state index in [2.05, 4.69) is 63.8 Å². The Morgan fingerprint density at radius 3 is 2.83 bits per heavy atom. The van der Waals surface area contributed by atoms with Crippen LogP contribution in [-0.4, -0.2) is 48.5 Å². The lowest BCUT2D eigenvalue weighted by Crippen LogP contribution is -2.22. The molecule has 0 spiro atoms. The van der Waals surface area contributed by atoms with Crippen LogP contribution in [0.2, 0.25) is 25.7 Å². The molecule has 7 heteroatoms. The van der Waals surface area contributed by atoms with Gasteiger partial charge >= 0.3 is 0 Å². The van der Waals surface area contributed by atoms with Crippen molar-refractivity contribution in [3.05, 3.63) is 42.4 Å². The molecule has 1 fully saturated rings. The molecule has 0 bridgehead atoms. The summed E-state index contributed by atoms with van der Waals surface area (Å²) in [5.41, 5.74) is 4.41. The van der Waals surface area contributed by atoms with Gasteiger partial charge in [0.25, 0.3) is 0 Å². The number of ether oxygens (including phenoxy) is 2. The zero-order chi connectivity index (χ0) is 21.1. The summed E-state index contributed by atoms with van der Waals surface area (Å²) in [5.74, 6) is 0.886. The molecule has 1 aliphatic rings. The van der Waals surface area contributed by atoms with Crippen LogP contribution < -0.4 is 5.32 Å². The quantitative estimate of drug-likeness (QED) is 0.411. The van der Waals surface area contributed by atoms with E-state index in [0.29, 0.717) is 12.8 Å². The zero-order valence-electron chi connectivity index (χ0n) is 18.4. The van der Waals surface area contributed by atoms with Gasteiger partial charge in [-0.25, -0.2) is 4.98 Å². The predicted octanol–water partition coefficient (Wildman–Crippen LogP) is 4.92. The van der Waals surface area contributed by atoms with Gasteiger partial charge in [-0.2, -0.15) is 0 Å². The van der Waals surface area contributed by atoms with E-state index in [-0.39, 0.29) is 0 Å². The topological polar surface area (TPSA) is 61.2 Å². The molecule has 0 amide bonds. The number of nitrogens with zero attached hydrogens (tertiary/aromatic N) is 3. The molecule has 0 radical (unpaired) electrons. The molecule has 0 aromatic carbocycles. The van der Waals surface area contributed by atoms with E-state index in [1.165, 1.54) is 0 Å². The number of aromatic nitrogens is 3. The Hall–Kier alpha value is -2.22. The first-order chi connectivity index (χ1) is 14.4. The van der Waals surface area contributed by atoms with Crippen LogP contribution >= 0.6 is 0 Å². The average molecular weight is 425 g/mol. The summed E-state index contributed by atoms with van der Waals surface area (Å²) in [6.07, 6.45) is 4.83. The molecule has 1 N–H and O–H groups in total. The highest BCUT2D eigenvalue weighted by Gasteiger charge is 2.18. The van der Waals surface area contributed by atoms with Crippen molar-refractivity contribution in [3.8, 4) is 11.3 Å². The Kier molecular flexibility index (Phi) is 6.22. The fourth-order valence-corrected chi connectivity index (χ4v) is 4.47. The number of pyridine rings is 2. The monoisotopic (exact) mass is 424 g/mol. The third kappa shape index (κ3) is 5.09. The fourth-order valence-electron chi connectivity index (χ4n) is 3.71. The lowest BCUT2D eigenvalue weighted by atomic mass is 10.1. The van der Waals surface area contributed by atoms with Crippen molar-refractivity contribution in [2.45, 2.75) is 51.8 Å². The summed E-state index contributed by atoms with van der Waals surface area (Å²) >= 11 is 0. The first kappa shape index (κ1) is 21.0. The van der Waals surface area contributed by atoms with E-state index in [1.54, 1.807) is 0 Å². The molecule has 4 rings (SSSR count). The van der Waals surface area contributed by atoms with E-state index in [9.17, 15) is 0 Å². The van der Waals surface area contributed by atoms with Gasteiger partial charge in [0.15, 0.2) is 0 Å². The molecular formula is C23H32N4O2Si. The van der Waals surface area contributed by atoms with Crippen molar-refractivity contribution in [2.75, 3.05) is 25.1 Å². The van der Waals surface area contributed by atoms with Gasteiger partial charge in [0.1, 0.15) is 12.5 Å². The molecule has 6 nitrogen and oxygen atoms in total. The normalized spacial score (nSPS) is 17.0. The van der Waals surface area contributed by atoms with Gasteiger partial charge in [-0.3, -0.25) is 4.98 Å². The minimum atomic E-state index is -1.12. The van der Waals surface area contributed by atoms with Gasteiger partial charge in [0.2, 0.25) is 0 Å². The van der Waals surface area contributed by atoms with Crippen LogP contribution in [0.4, 0.5) is 5.82 Å². The molecule has 0 unspecified atom stereocenters. The summed E-state index contributed by atoms with van der Waals surface area (Å²) in [6.45, 7) is 12.0. The Balaban J connectivity index is 1.65. The second kappa shape index (κ2) is 8.87. The maximum atomic E-state index is 6.15. The van der Waals surface area contributed by atoms with Crippen LogP contribution in [0.25, 0.3) is 22.2 Å². The van der Waals surface area contributed by atoms with Crippen molar-refractivity contribution < 1.29 is 9.47 Å². The van der Waals surface area contributed by atoms with Gasteiger partial charge in [-0.05, 0) is 37.6 Å². The SMILES string of the molecule is Cc1cc(-c2cc3cnc(N[C@@H]4CCOC4)cc3n2COCC[Si](C)(C)C)ccn1. The van der Waals surface area contributed by atoms with Crippen LogP contribution in [0.15, 0.2) is 36.7 Å². The van der Waals surface area contributed by atoms with Crippen LogP contribution in [0.1, 0.15) is 12.1 Å². The molecule has 3 aromatic rings. The van der Waals surface area contributed by atoms with Gasteiger partial charge in [0, 0.05) is 56.4 Å². The Bertz CT molecular complexity index is 1010. The summed E-state index contributed by atoms with van der Waals surface area (Å²) in [5, 5.41) is 4.62. The lowest BCUT2D eigenvalue weighted by molar-refractivity contribution is 0.0913. The summed E-state index contributed by atoms with van der Waals surface area (Å²) in [6, 6.07) is 9.99. The third-order valence-electron chi connectivity index (χ3n) is 5.48. The van der Waals surface area contributed by atoms with Crippen LogP contribution in [0.3, 0.4) is 0 Å². The molecule has 3 aromatic heterocycles. The number of fused-ring (bicyclic) bond motifs is 1. The van der Waals surface area contributed by atoms with E-state index in [4.69, 9.17) is 9.47 Å². The minimum absolute atomic E-state index is 0.327. The van der Waals surface area contributed by atoms with E-state index in [1.807, 2.05) is 19.3 Å². The minimum Gasteiger partial charge on any atom is -0.379 e. The number of hydrogen-bond donors (Lipinski definition) is 1. The Morgan fingerprint density at radius 1 is 1.23 bits per heavy atom. The van der Waals surface area contributed by atoms with Crippen LogP contribution in [0.5, 0.6) is 0 Å². The largest absolute Gasteiger partial charge is 0.379 e. The van der Waals surface area contributed by atoms with E-state index >= 15 is 0 Å². The maximum absolute atomic E-state index is 6.15. The third-order valence-corrected chi connectivity index (χ3v) is 7.18. The lowest BCUT2D eigenvalue weighted by Gasteiger charge is -2.17. The second-order valence-electron chi connectivity index (χ2n) is 9.32. The van der Waals surface area contributed by atoms with Crippen molar-refractivity contribution in [3.63, 3.8) is 0 Å². The summed E-state index contributed by atoms with van der Waals surface area (Å²) in [4.78, 5) is 8.99. The van der Waals surface area contributed by atoms with E-state index < -0.39 is 8.07 Å². The summed E-state index contributed by atoms with van der Waals surface area (Å²) in [7, 11) is -1.12. The highest BCUT2D eigenvalue weighted by molar-refractivity contribution is 6.76. The fraction of sp³-hybridized carbons (Fsp3) is 0.478. The van der Waals surface area contributed by atoms with Gasteiger partial charge in [0.05, 0.1) is 23.9 Å². The Morgan fingerprint density at radius 2 is 2.10 bits per heavy atom. The van der Waals surface area contributed by atoms with Gasteiger partial charge in [-0.15, -0.1) is 0 Å². The number of hydrogen-bond acceptors (Lipinski definition) is 5. The highest BCUT2D eigenvalue weighted by atomic mass is 28.3. The summed E-state index contributed by atoms with van der Waals surface area (Å²) < 4.78 is 13.9. The molecule has 1 saturated heterocycles. The van der Waals surface area contributed by atoms with Crippen molar-refractivity contribution in [1.82, 2.24) is 14.5 Å². The first-order valence-electron chi connectivity index (χ1n) is 10.7. The molecule has 4 heterocycles. The first-order valence-corrected chi connectivity index (χ1v) is 14.4. The number of aryl methyl sites for hydroxylation is 1.